The van der Waals surface area contributed by atoms with Crippen LogP contribution < -0.4 is 4.90 Å². The molecule has 9 heteroatoms. The van der Waals surface area contributed by atoms with Crippen molar-refractivity contribution < 1.29 is 17.6 Å². The third kappa shape index (κ3) is 3.54. The number of anilines is 2. The first kappa shape index (κ1) is 22.1. The van der Waals surface area contributed by atoms with E-state index in [9.17, 15) is 17.6 Å². The standard InChI is InChI=1S/C25H21F4N5/c1-15-31-32-23-30-22(26)19-10-9-18(14-20(19)34(15)23)33-13-5-8-16-6-4-7-17(21(16)33)11-12-24(2,3)25(27,28)29/h4,6-7,9-10,14H,5,8,13H2,1-3H3. The summed E-state index contributed by atoms with van der Waals surface area (Å²) in [5.41, 5.74) is 1.52. The Morgan fingerprint density at radius 3 is 2.62 bits per heavy atom. The summed E-state index contributed by atoms with van der Waals surface area (Å²) in [5, 5.41) is 8.26. The molecule has 174 valence electrons. The van der Waals surface area contributed by atoms with E-state index in [1.807, 2.05) is 23.1 Å². The van der Waals surface area contributed by atoms with Crippen LogP contribution in [0.2, 0.25) is 0 Å². The Bertz CT molecular complexity index is 1490. The number of nitrogens with zero attached hydrogens (tertiary/aromatic N) is 5. The highest BCUT2D eigenvalue weighted by Crippen LogP contribution is 2.39. The van der Waals surface area contributed by atoms with E-state index in [0.29, 0.717) is 28.8 Å². The summed E-state index contributed by atoms with van der Waals surface area (Å²) in [6, 6.07) is 10.8. The van der Waals surface area contributed by atoms with E-state index >= 15 is 0 Å². The van der Waals surface area contributed by atoms with Crippen LogP contribution in [0.1, 0.15) is 37.2 Å². The highest BCUT2D eigenvalue weighted by atomic mass is 19.4. The minimum atomic E-state index is -4.44. The molecular weight excluding hydrogens is 446 g/mol. The van der Waals surface area contributed by atoms with E-state index in [1.165, 1.54) is 0 Å². The Morgan fingerprint density at radius 2 is 1.85 bits per heavy atom. The molecular formula is C25H21F4N5. The zero-order chi connectivity index (χ0) is 24.3. The summed E-state index contributed by atoms with van der Waals surface area (Å²) in [5.74, 6) is 5.32. The summed E-state index contributed by atoms with van der Waals surface area (Å²) in [4.78, 5) is 5.92. The lowest BCUT2D eigenvalue weighted by Gasteiger charge is -2.32. The highest BCUT2D eigenvalue weighted by molar-refractivity contribution is 5.87. The van der Waals surface area contributed by atoms with Gasteiger partial charge in [-0.1, -0.05) is 24.0 Å². The maximum Gasteiger partial charge on any atom is 0.404 e. The number of hydrogen-bond acceptors (Lipinski definition) is 4. The number of hydrogen-bond donors (Lipinski definition) is 0. The molecule has 0 N–H and O–H groups in total. The largest absolute Gasteiger partial charge is 0.404 e. The van der Waals surface area contributed by atoms with Gasteiger partial charge >= 0.3 is 6.18 Å². The van der Waals surface area contributed by atoms with Gasteiger partial charge in [-0.2, -0.15) is 22.5 Å². The second kappa shape index (κ2) is 7.69. The summed E-state index contributed by atoms with van der Waals surface area (Å²) in [6.07, 6.45) is -2.78. The third-order valence-corrected chi connectivity index (χ3v) is 6.20. The van der Waals surface area contributed by atoms with Crippen LogP contribution in [-0.4, -0.2) is 32.3 Å². The molecule has 1 aliphatic heterocycles. The number of fused-ring (bicyclic) bond motifs is 4. The fraction of sp³-hybridized carbons (Fsp3) is 0.320. The van der Waals surface area contributed by atoms with Gasteiger partial charge in [0.25, 0.3) is 5.78 Å². The molecule has 0 unspecified atom stereocenters. The predicted molar refractivity (Wildman–Crippen MR) is 121 cm³/mol. The molecule has 3 heterocycles. The first-order valence-electron chi connectivity index (χ1n) is 10.9. The van der Waals surface area contributed by atoms with Gasteiger partial charge < -0.3 is 4.90 Å². The van der Waals surface area contributed by atoms with Gasteiger partial charge in [-0.05, 0) is 63.4 Å². The molecule has 0 radical (unpaired) electrons. The van der Waals surface area contributed by atoms with E-state index in [2.05, 4.69) is 27.0 Å². The van der Waals surface area contributed by atoms with E-state index < -0.39 is 17.5 Å². The van der Waals surface area contributed by atoms with Crippen molar-refractivity contribution in [3.63, 3.8) is 0 Å². The van der Waals surface area contributed by atoms with Gasteiger partial charge in [0.05, 0.1) is 16.6 Å². The molecule has 1 aliphatic rings. The van der Waals surface area contributed by atoms with Gasteiger partial charge in [0.2, 0.25) is 5.95 Å². The quantitative estimate of drug-likeness (QED) is 0.203. The normalized spacial score (nSPS) is 14.3. The fourth-order valence-electron chi connectivity index (χ4n) is 4.21. The van der Waals surface area contributed by atoms with Gasteiger partial charge in [0.15, 0.2) is 0 Å². The fourth-order valence-corrected chi connectivity index (χ4v) is 4.21. The second-order valence-electron chi connectivity index (χ2n) is 8.93. The van der Waals surface area contributed by atoms with Crippen LogP contribution in [-0.2, 0) is 6.42 Å². The minimum Gasteiger partial charge on any atom is -0.340 e. The number of aromatic nitrogens is 4. The van der Waals surface area contributed by atoms with Crippen LogP contribution in [0.25, 0.3) is 16.7 Å². The van der Waals surface area contributed by atoms with Crippen molar-refractivity contribution in [3.05, 3.63) is 59.3 Å². The van der Waals surface area contributed by atoms with Gasteiger partial charge in [0, 0.05) is 17.8 Å². The van der Waals surface area contributed by atoms with Crippen molar-refractivity contribution in [1.82, 2.24) is 19.6 Å². The molecule has 34 heavy (non-hydrogen) atoms. The number of aryl methyl sites for hydroxylation is 2. The predicted octanol–water partition coefficient (Wildman–Crippen LogP) is 5.75. The average molecular weight is 467 g/mol. The average Bonchev–Trinajstić information content (AvgIpc) is 3.16. The topological polar surface area (TPSA) is 46.3 Å². The van der Waals surface area contributed by atoms with Crippen LogP contribution in [0.4, 0.5) is 28.9 Å². The van der Waals surface area contributed by atoms with Crippen LogP contribution in [0, 0.1) is 30.1 Å². The SMILES string of the molecule is Cc1nnc2nc(F)c3ccc(N4CCCc5cccc(C#CC(C)(C)C(F)(F)F)c54)cc3n12. The molecule has 0 fully saturated rings. The Labute approximate surface area is 193 Å². The second-order valence-corrected chi connectivity index (χ2v) is 8.93. The van der Waals surface area contributed by atoms with Crippen molar-refractivity contribution in [2.24, 2.45) is 5.41 Å². The molecule has 2 aromatic carbocycles. The molecule has 0 spiro atoms. The smallest absolute Gasteiger partial charge is 0.340 e. The van der Waals surface area contributed by atoms with Gasteiger partial charge in [-0.15, -0.1) is 10.2 Å². The van der Waals surface area contributed by atoms with Gasteiger partial charge in [0.1, 0.15) is 11.2 Å². The lowest BCUT2D eigenvalue weighted by atomic mass is 9.92. The molecule has 0 amide bonds. The molecule has 0 saturated carbocycles. The number of rotatable bonds is 1. The summed E-state index contributed by atoms with van der Waals surface area (Å²) < 4.78 is 56.4. The third-order valence-electron chi connectivity index (χ3n) is 6.20. The van der Waals surface area contributed by atoms with Gasteiger partial charge in [-0.25, -0.2) is 0 Å². The maximum absolute atomic E-state index is 14.6. The Balaban J connectivity index is 1.68. The molecule has 2 aromatic heterocycles. The molecule has 0 atom stereocenters. The van der Waals surface area contributed by atoms with E-state index in [1.54, 1.807) is 29.5 Å². The highest BCUT2D eigenvalue weighted by Gasteiger charge is 2.46. The van der Waals surface area contributed by atoms with E-state index in [-0.39, 0.29) is 5.78 Å². The van der Waals surface area contributed by atoms with Crippen molar-refractivity contribution in [2.75, 3.05) is 11.4 Å². The summed E-state index contributed by atoms with van der Waals surface area (Å²) in [7, 11) is 0. The number of para-hydroxylation sites is 1. The van der Waals surface area contributed by atoms with E-state index in [4.69, 9.17) is 0 Å². The summed E-state index contributed by atoms with van der Waals surface area (Å²) >= 11 is 0. The Hall–Kier alpha value is -3.67. The number of alkyl halides is 3. The van der Waals surface area contributed by atoms with Crippen LogP contribution in [0.3, 0.4) is 0 Å². The molecule has 5 nitrogen and oxygen atoms in total. The zero-order valence-corrected chi connectivity index (χ0v) is 18.8. The lowest BCUT2D eigenvalue weighted by Crippen LogP contribution is -2.30. The van der Waals surface area contributed by atoms with Gasteiger partial charge in [-0.3, -0.25) is 4.40 Å². The van der Waals surface area contributed by atoms with Crippen LogP contribution in [0.15, 0.2) is 36.4 Å². The van der Waals surface area contributed by atoms with Crippen molar-refractivity contribution >= 4 is 28.1 Å². The van der Waals surface area contributed by atoms with Crippen molar-refractivity contribution in [3.8, 4) is 11.8 Å². The molecule has 0 aliphatic carbocycles. The monoisotopic (exact) mass is 467 g/mol. The van der Waals surface area contributed by atoms with Crippen LogP contribution >= 0.6 is 0 Å². The van der Waals surface area contributed by atoms with E-state index in [0.717, 1.165) is 43.6 Å². The molecule has 5 rings (SSSR count). The zero-order valence-electron chi connectivity index (χ0n) is 18.8. The molecule has 0 bridgehead atoms. The minimum absolute atomic E-state index is 0.166. The molecule has 0 saturated heterocycles. The maximum atomic E-state index is 14.6. The lowest BCUT2D eigenvalue weighted by molar-refractivity contribution is -0.190. The molecule has 4 aromatic rings. The number of halogens is 4. The Kier molecular flexibility index (Phi) is 5.01. The first-order chi connectivity index (χ1) is 16.1. The summed E-state index contributed by atoms with van der Waals surface area (Å²) in [6.45, 7) is 4.56. The van der Waals surface area contributed by atoms with Crippen molar-refractivity contribution in [1.29, 1.82) is 0 Å². The van der Waals surface area contributed by atoms with Crippen molar-refractivity contribution in [2.45, 2.75) is 39.8 Å². The Morgan fingerprint density at radius 1 is 1.06 bits per heavy atom. The van der Waals surface area contributed by atoms with Crippen LogP contribution in [0.5, 0.6) is 0 Å². The number of benzene rings is 2. The first-order valence-corrected chi connectivity index (χ1v) is 10.9.